The van der Waals surface area contributed by atoms with Crippen LogP contribution in [0.4, 0.5) is 8.78 Å². The van der Waals surface area contributed by atoms with Crippen LogP contribution in [0.5, 0.6) is 5.75 Å². The number of nitrogens with zero attached hydrogens (tertiary/aromatic N) is 1. The van der Waals surface area contributed by atoms with Crippen molar-refractivity contribution in [3.63, 3.8) is 0 Å². The second kappa shape index (κ2) is 3.66. The summed E-state index contributed by atoms with van der Waals surface area (Å²) in [5.41, 5.74) is -1.09. The maximum Gasteiger partial charge on any atom is 0.266 e. The van der Waals surface area contributed by atoms with Crippen LogP contribution in [0.3, 0.4) is 0 Å². The van der Waals surface area contributed by atoms with Crippen LogP contribution in [-0.2, 0) is 0 Å². The molecule has 0 saturated heterocycles. The number of aromatic nitrogens is 1. The zero-order valence-electron chi connectivity index (χ0n) is 6.17. The molecule has 1 aromatic heterocycles. The fourth-order valence-electron chi connectivity index (χ4n) is 0.778. The molecule has 0 aromatic carbocycles. The predicted molar refractivity (Wildman–Crippen MR) is 41.3 cm³/mol. The highest BCUT2D eigenvalue weighted by atomic mass is 35.5. The molecule has 0 aliphatic rings. The van der Waals surface area contributed by atoms with Gasteiger partial charge in [0.1, 0.15) is 5.69 Å². The van der Waals surface area contributed by atoms with Crippen LogP contribution in [0.2, 0.25) is 5.15 Å². The molecule has 1 rings (SSSR count). The molecule has 0 bridgehead atoms. The highest BCUT2D eigenvalue weighted by molar-refractivity contribution is 6.30. The molecule has 13 heavy (non-hydrogen) atoms. The first-order chi connectivity index (χ1) is 6.06. The molecule has 0 fully saturated rings. The van der Waals surface area contributed by atoms with Crippen molar-refractivity contribution < 1.29 is 18.7 Å². The zero-order chi connectivity index (χ0) is 10.0. The van der Waals surface area contributed by atoms with Crippen molar-refractivity contribution in [1.29, 1.82) is 0 Å². The predicted octanol–water partition coefficient (Wildman–Crippen LogP) is 2.19. The molecule has 6 heteroatoms. The summed E-state index contributed by atoms with van der Waals surface area (Å²) in [5.74, 6) is -0.567. The summed E-state index contributed by atoms with van der Waals surface area (Å²) in [6, 6.07) is 0.726. The second-order valence-corrected chi connectivity index (χ2v) is 2.55. The molecular formula is C7H4ClF2NO2. The number of aldehydes is 1. The Hall–Kier alpha value is -1.23. The van der Waals surface area contributed by atoms with Gasteiger partial charge in [-0.15, -0.1) is 0 Å². The fraction of sp³-hybridized carbons (Fsp3) is 0.143. The molecule has 0 amide bonds. The molecule has 1 N–H and O–H groups in total. The summed E-state index contributed by atoms with van der Waals surface area (Å²) in [5, 5.41) is 8.56. The van der Waals surface area contributed by atoms with Crippen LogP contribution >= 0.6 is 11.6 Å². The van der Waals surface area contributed by atoms with Crippen molar-refractivity contribution in [2.24, 2.45) is 0 Å². The number of carbonyl (C=O) groups is 1. The summed E-state index contributed by atoms with van der Waals surface area (Å²) in [6.07, 6.45) is -2.71. The summed E-state index contributed by atoms with van der Waals surface area (Å²) in [4.78, 5) is 13.5. The minimum absolute atomic E-state index is 0.160. The van der Waals surface area contributed by atoms with Crippen LogP contribution < -0.4 is 0 Å². The Morgan fingerprint density at radius 2 is 2.23 bits per heavy atom. The van der Waals surface area contributed by atoms with Crippen molar-refractivity contribution in [2.75, 3.05) is 0 Å². The van der Waals surface area contributed by atoms with E-state index in [4.69, 9.17) is 16.7 Å². The third kappa shape index (κ3) is 1.92. The molecule has 0 atom stereocenters. The van der Waals surface area contributed by atoms with Gasteiger partial charge in [-0.25, -0.2) is 13.8 Å². The molecule has 0 spiro atoms. The van der Waals surface area contributed by atoms with E-state index < -0.39 is 23.4 Å². The lowest BCUT2D eigenvalue weighted by Gasteiger charge is -2.04. The monoisotopic (exact) mass is 207 g/mol. The number of halogens is 3. The zero-order valence-corrected chi connectivity index (χ0v) is 6.92. The van der Waals surface area contributed by atoms with Gasteiger partial charge in [0.2, 0.25) is 0 Å². The molecule has 0 radical (unpaired) electrons. The molecule has 0 aliphatic heterocycles. The first-order valence-electron chi connectivity index (χ1n) is 3.19. The third-order valence-corrected chi connectivity index (χ3v) is 1.64. The first kappa shape index (κ1) is 9.85. The quantitative estimate of drug-likeness (QED) is 0.597. The Bertz CT molecular complexity index is 344. The van der Waals surface area contributed by atoms with Crippen LogP contribution in [0.1, 0.15) is 22.5 Å². The standard InChI is InChI=1S/C7H4ClF2NO2/c8-6-5(13)1-3(7(9)10)4(2-12)11-6/h1-2,7,13H. The van der Waals surface area contributed by atoms with E-state index in [0.29, 0.717) is 0 Å². The van der Waals surface area contributed by atoms with E-state index >= 15 is 0 Å². The first-order valence-corrected chi connectivity index (χ1v) is 3.56. The van der Waals surface area contributed by atoms with Gasteiger partial charge in [-0.05, 0) is 6.07 Å². The van der Waals surface area contributed by atoms with Crippen LogP contribution in [-0.4, -0.2) is 16.4 Å². The Balaban J connectivity index is 3.32. The van der Waals surface area contributed by atoms with E-state index in [2.05, 4.69) is 4.98 Å². The van der Waals surface area contributed by atoms with Crippen molar-refractivity contribution in [3.8, 4) is 5.75 Å². The van der Waals surface area contributed by atoms with Gasteiger partial charge in [0.25, 0.3) is 6.43 Å². The van der Waals surface area contributed by atoms with Gasteiger partial charge >= 0.3 is 0 Å². The van der Waals surface area contributed by atoms with Crippen LogP contribution in [0.15, 0.2) is 6.07 Å². The minimum Gasteiger partial charge on any atom is -0.505 e. The van der Waals surface area contributed by atoms with Crippen molar-refractivity contribution in [1.82, 2.24) is 4.98 Å². The molecule has 0 unspecified atom stereocenters. The van der Waals surface area contributed by atoms with E-state index in [-0.39, 0.29) is 11.4 Å². The van der Waals surface area contributed by atoms with Crippen LogP contribution in [0.25, 0.3) is 0 Å². The number of rotatable bonds is 2. The Morgan fingerprint density at radius 1 is 1.62 bits per heavy atom. The number of hydrogen-bond donors (Lipinski definition) is 1. The highest BCUT2D eigenvalue weighted by Crippen LogP contribution is 2.28. The lowest BCUT2D eigenvalue weighted by Crippen LogP contribution is -1.97. The number of carbonyl (C=O) groups excluding carboxylic acids is 1. The topological polar surface area (TPSA) is 50.2 Å². The van der Waals surface area contributed by atoms with E-state index in [1.807, 2.05) is 0 Å². The summed E-state index contributed by atoms with van der Waals surface area (Å²) in [7, 11) is 0. The summed E-state index contributed by atoms with van der Waals surface area (Å²) < 4.78 is 24.3. The summed E-state index contributed by atoms with van der Waals surface area (Å²) in [6.45, 7) is 0. The van der Waals surface area contributed by atoms with E-state index in [9.17, 15) is 13.6 Å². The lowest BCUT2D eigenvalue weighted by molar-refractivity contribution is 0.110. The van der Waals surface area contributed by atoms with Crippen molar-refractivity contribution in [3.05, 3.63) is 22.5 Å². The van der Waals surface area contributed by atoms with E-state index in [1.54, 1.807) is 0 Å². The van der Waals surface area contributed by atoms with Crippen molar-refractivity contribution in [2.45, 2.75) is 6.43 Å². The van der Waals surface area contributed by atoms with Crippen molar-refractivity contribution >= 4 is 17.9 Å². The normalized spacial score (nSPS) is 10.5. The average Bonchev–Trinajstić information content (AvgIpc) is 2.08. The SMILES string of the molecule is O=Cc1nc(Cl)c(O)cc1C(F)F. The smallest absolute Gasteiger partial charge is 0.266 e. The van der Waals surface area contributed by atoms with Gasteiger partial charge in [-0.2, -0.15) is 0 Å². The maximum absolute atomic E-state index is 12.2. The fourth-order valence-corrected chi connectivity index (χ4v) is 0.923. The number of hydrogen-bond acceptors (Lipinski definition) is 3. The third-order valence-electron chi connectivity index (χ3n) is 1.36. The Kier molecular flexibility index (Phi) is 2.77. The van der Waals surface area contributed by atoms with E-state index in [1.165, 1.54) is 0 Å². The molecule has 70 valence electrons. The maximum atomic E-state index is 12.2. The molecule has 3 nitrogen and oxygen atoms in total. The van der Waals surface area contributed by atoms with Gasteiger partial charge in [0.05, 0.1) is 5.56 Å². The number of alkyl halides is 2. The minimum atomic E-state index is -2.86. The lowest BCUT2D eigenvalue weighted by atomic mass is 10.2. The second-order valence-electron chi connectivity index (χ2n) is 2.19. The van der Waals surface area contributed by atoms with Gasteiger partial charge in [-0.3, -0.25) is 4.79 Å². The highest BCUT2D eigenvalue weighted by Gasteiger charge is 2.16. The van der Waals surface area contributed by atoms with Gasteiger partial charge < -0.3 is 5.11 Å². The molecule has 1 aromatic rings. The molecular weight excluding hydrogens is 204 g/mol. The van der Waals surface area contributed by atoms with Gasteiger partial charge in [-0.1, -0.05) is 11.6 Å². The van der Waals surface area contributed by atoms with Crippen LogP contribution in [0, 0.1) is 0 Å². The molecule has 0 saturated carbocycles. The largest absolute Gasteiger partial charge is 0.505 e. The summed E-state index contributed by atoms with van der Waals surface area (Å²) >= 11 is 5.30. The van der Waals surface area contributed by atoms with E-state index in [0.717, 1.165) is 6.07 Å². The Labute approximate surface area is 77.0 Å². The molecule has 0 aliphatic carbocycles. The number of aromatic hydroxyl groups is 1. The Morgan fingerprint density at radius 3 is 2.69 bits per heavy atom. The van der Waals surface area contributed by atoms with Gasteiger partial charge in [0, 0.05) is 0 Å². The number of pyridine rings is 1. The average molecular weight is 208 g/mol. The van der Waals surface area contributed by atoms with Gasteiger partial charge in [0.15, 0.2) is 17.2 Å². The molecule has 1 heterocycles.